The second-order valence-electron chi connectivity index (χ2n) is 6.59. The maximum Gasteiger partial charge on any atom is 0.313 e. The number of rotatable bonds is 16. The van der Waals surface area contributed by atoms with Crippen LogP contribution in [0.15, 0.2) is 0 Å². The lowest BCUT2D eigenvalue weighted by atomic mass is 10.1. The maximum atomic E-state index is 11.6. The molecule has 0 aliphatic rings. The molecule has 0 aliphatic heterocycles. The third-order valence-electron chi connectivity index (χ3n) is 4.20. The predicted molar refractivity (Wildman–Crippen MR) is 96.3 cm³/mol. The van der Waals surface area contributed by atoms with Crippen molar-refractivity contribution in [3.05, 3.63) is 0 Å². The van der Waals surface area contributed by atoms with Gasteiger partial charge in [-0.1, -0.05) is 90.9 Å². The summed E-state index contributed by atoms with van der Waals surface area (Å²) in [4.78, 5) is 23.1. The third-order valence-corrected chi connectivity index (χ3v) is 4.20. The molecule has 0 rings (SSSR count). The highest BCUT2D eigenvalue weighted by atomic mass is 16.6. The Morgan fingerprint density at radius 2 is 0.826 bits per heavy atom. The van der Waals surface area contributed by atoms with E-state index in [0.29, 0.717) is 12.8 Å². The van der Waals surface area contributed by atoms with Crippen LogP contribution < -0.4 is 0 Å². The van der Waals surface area contributed by atoms with Gasteiger partial charge in [-0.3, -0.25) is 9.59 Å². The zero-order chi connectivity index (χ0) is 17.2. The third kappa shape index (κ3) is 17.3. The van der Waals surface area contributed by atoms with Gasteiger partial charge in [0.25, 0.3) is 0 Å². The van der Waals surface area contributed by atoms with E-state index in [1.54, 1.807) is 0 Å². The van der Waals surface area contributed by atoms with E-state index in [2.05, 4.69) is 13.8 Å². The minimum absolute atomic E-state index is 0.341. The van der Waals surface area contributed by atoms with Crippen LogP contribution in [0.2, 0.25) is 0 Å². The van der Waals surface area contributed by atoms with E-state index in [9.17, 15) is 9.59 Å². The van der Waals surface area contributed by atoms with Gasteiger partial charge in [-0.25, -0.2) is 0 Å². The first kappa shape index (κ1) is 22.1. The number of carbonyl (C=O) groups is 2. The molecule has 0 atom stereocenters. The fourth-order valence-corrected chi connectivity index (χ4v) is 2.68. The average Bonchev–Trinajstić information content (AvgIpc) is 2.53. The fourth-order valence-electron chi connectivity index (χ4n) is 2.68. The number of esters is 2. The first-order chi connectivity index (χ1) is 11.2. The van der Waals surface area contributed by atoms with Gasteiger partial charge < -0.3 is 4.74 Å². The Labute approximate surface area is 143 Å². The number of hydrogen-bond acceptors (Lipinski definition) is 3. The summed E-state index contributed by atoms with van der Waals surface area (Å²) in [6, 6.07) is 0. The molecule has 0 fully saturated rings. The van der Waals surface area contributed by atoms with E-state index in [1.807, 2.05) is 0 Å². The van der Waals surface area contributed by atoms with Crippen molar-refractivity contribution in [3.63, 3.8) is 0 Å². The SMILES string of the molecule is CCCCCCCCCC(=O)OC(=O)CCCCCCCCC. The first-order valence-electron chi connectivity index (χ1n) is 9.94. The summed E-state index contributed by atoms with van der Waals surface area (Å²) in [5.74, 6) is -0.682. The predicted octanol–water partition coefficient (Wildman–Crippen LogP) is 6.34. The molecule has 0 bridgehead atoms. The van der Waals surface area contributed by atoms with Crippen LogP contribution >= 0.6 is 0 Å². The molecule has 0 spiro atoms. The Morgan fingerprint density at radius 3 is 1.17 bits per heavy atom. The Hall–Kier alpha value is -0.860. The highest BCUT2D eigenvalue weighted by Gasteiger charge is 2.09. The van der Waals surface area contributed by atoms with Crippen molar-refractivity contribution in [1.29, 1.82) is 0 Å². The molecule has 3 heteroatoms. The maximum absolute atomic E-state index is 11.6. The Kier molecular flexibility index (Phi) is 16.8. The smallest absolute Gasteiger partial charge is 0.313 e. The summed E-state index contributed by atoms with van der Waals surface area (Å²) in [6.07, 6.45) is 17.1. The molecule has 0 aliphatic carbocycles. The van der Waals surface area contributed by atoms with Crippen LogP contribution in [-0.2, 0) is 14.3 Å². The second-order valence-corrected chi connectivity index (χ2v) is 6.59. The Morgan fingerprint density at radius 1 is 0.522 bits per heavy atom. The molecular formula is C20H38O3. The quantitative estimate of drug-likeness (QED) is 0.189. The molecule has 0 N–H and O–H groups in total. The van der Waals surface area contributed by atoms with Crippen LogP contribution in [0.25, 0.3) is 0 Å². The molecule has 0 aromatic heterocycles. The summed E-state index contributed by atoms with van der Waals surface area (Å²) in [5.41, 5.74) is 0. The van der Waals surface area contributed by atoms with E-state index in [-0.39, 0.29) is 11.9 Å². The number of hydrogen-bond donors (Lipinski definition) is 0. The number of unbranched alkanes of at least 4 members (excludes halogenated alkanes) is 12. The van der Waals surface area contributed by atoms with Crippen molar-refractivity contribution in [2.45, 2.75) is 117 Å². The van der Waals surface area contributed by atoms with Gasteiger partial charge in [-0.05, 0) is 12.8 Å². The monoisotopic (exact) mass is 326 g/mol. The topological polar surface area (TPSA) is 43.4 Å². The van der Waals surface area contributed by atoms with Gasteiger partial charge in [-0.2, -0.15) is 0 Å². The summed E-state index contributed by atoms with van der Waals surface area (Å²) >= 11 is 0. The highest BCUT2D eigenvalue weighted by molar-refractivity contribution is 5.85. The lowest BCUT2D eigenvalue weighted by Gasteiger charge is -2.04. The highest BCUT2D eigenvalue weighted by Crippen LogP contribution is 2.11. The lowest BCUT2D eigenvalue weighted by Crippen LogP contribution is -2.11. The van der Waals surface area contributed by atoms with Crippen LogP contribution in [0.5, 0.6) is 0 Å². The minimum atomic E-state index is -0.341. The van der Waals surface area contributed by atoms with Gasteiger partial charge in [0.15, 0.2) is 0 Å². The van der Waals surface area contributed by atoms with Crippen molar-refractivity contribution < 1.29 is 14.3 Å². The summed E-state index contributed by atoms with van der Waals surface area (Å²) in [6.45, 7) is 4.42. The van der Waals surface area contributed by atoms with Gasteiger partial charge in [0, 0.05) is 12.8 Å². The van der Waals surface area contributed by atoms with Crippen LogP contribution in [0.4, 0.5) is 0 Å². The minimum Gasteiger partial charge on any atom is -0.393 e. The Balaban J connectivity index is 3.36. The molecule has 0 heterocycles. The molecule has 3 nitrogen and oxygen atoms in total. The fraction of sp³-hybridized carbons (Fsp3) is 0.900. The molecular weight excluding hydrogens is 288 g/mol. The van der Waals surface area contributed by atoms with Gasteiger partial charge in [-0.15, -0.1) is 0 Å². The van der Waals surface area contributed by atoms with Gasteiger partial charge in [0.2, 0.25) is 0 Å². The number of ether oxygens (including phenoxy) is 1. The molecule has 23 heavy (non-hydrogen) atoms. The first-order valence-corrected chi connectivity index (χ1v) is 9.94. The molecule has 0 aromatic rings. The zero-order valence-electron chi connectivity index (χ0n) is 15.5. The largest absolute Gasteiger partial charge is 0.393 e. The van der Waals surface area contributed by atoms with E-state index < -0.39 is 0 Å². The van der Waals surface area contributed by atoms with Crippen LogP contribution in [0.3, 0.4) is 0 Å². The summed E-state index contributed by atoms with van der Waals surface area (Å²) in [7, 11) is 0. The molecule has 0 aromatic carbocycles. The van der Waals surface area contributed by atoms with E-state index in [4.69, 9.17) is 4.74 Å². The lowest BCUT2D eigenvalue weighted by molar-refractivity contribution is -0.159. The van der Waals surface area contributed by atoms with Crippen LogP contribution in [-0.4, -0.2) is 11.9 Å². The van der Waals surface area contributed by atoms with E-state index in [0.717, 1.165) is 25.7 Å². The normalized spacial score (nSPS) is 10.7. The van der Waals surface area contributed by atoms with Crippen LogP contribution in [0, 0.1) is 0 Å². The molecule has 0 unspecified atom stereocenters. The van der Waals surface area contributed by atoms with Gasteiger partial charge in [0.1, 0.15) is 0 Å². The van der Waals surface area contributed by atoms with Crippen molar-refractivity contribution in [2.24, 2.45) is 0 Å². The van der Waals surface area contributed by atoms with Crippen molar-refractivity contribution >= 4 is 11.9 Å². The van der Waals surface area contributed by atoms with Crippen LogP contribution in [0.1, 0.15) is 117 Å². The molecule has 0 amide bonds. The van der Waals surface area contributed by atoms with E-state index in [1.165, 1.54) is 64.2 Å². The van der Waals surface area contributed by atoms with E-state index >= 15 is 0 Å². The summed E-state index contributed by atoms with van der Waals surface area (Å²) in [5, 5.41) is 0. The molecule has 136 valence electrons. The standard InChI is InChI=1S/C20H38O3/c1-3-5-7-9-11-13-15-17-19(21)23-20(22)18-16-14-12-10-8-6-4-2/h3-18H2,1-2H3. The Bertz CT molecular complexity index is 259. The van der Waals surface area contributed by atoms with Gasteiger partial charge in [0.05, 0.1) is 0 Å². The zero-order valence-corrected chi connectivity index (χ0v) is 15.5. The number of carbonyl (C=O) groups excluding carboxylic acids is 2. The van der Waals surface area contributed by atoms with Gasteiger partial charge >= 0.3 is 11.9 Å². The molecule has 0 saturated heterocycles. The second kappa shape index (κ2) is 17.5. The van der Waals surface area contributed by atoms with Crippen molar-refractivity contribution in [1.82, 2.24) is 0 Å². The molecule has 0 saturated carbocycles. The summed E-state index contributed by atoms with van der Waals surface area (Å²) < 4.78 is 4.86. The van der Waals surface area contributed by atoms with Crippen molar-refractivity contribution in [3.8, 4) is 0 Å². The average molecular weight is 327 g/mol. The van der Waals surface area contributed by atoms with Crippen molar-refractivity contribution in [2.75, 3.05) is 0 Å². The molecule has 0 radical (unpaired) electrons.